The summed E-state index contributed by atoms with van der Waals surface area (Å²) in [5.41, 5.74) is 3.03. The number of aryl methyl sites for hydroxylation is 2. The Hall–Kier alpha value is -3.32. The van der Waals surface area contributed by atoms with Gasteiger partial charge >= 0.3 is 0 Å². The summed E-state index contributed by atoms with van der Waals surface area (Å²) in [5.74, 6) is 0.828. The number of nitrogens with zero attached hydrogens (tertiary/aromatic N) is 1. The fourth-order valence-electron chi connectivity index (χ4n) is 3.29. The van der Waals surface area contributed by atoms with Gasteiger partial charge in [-0.25, -0.2) is 8.42 Å². The Bertz CT molecular complexity index is 1160. The van der Waals surface area contributed by atoms with E-state index in [0.29, 0.717) is 22.9 Å². The van der Waals surface area contributed by atoms with Crippen molar-refractivity contribution in [2.45, 2.75) is 26.8 Å². The number of amides is 1. The number of benzene rings is 3. The van der Waals surface area contributed by atoms with Crippen molar-refractivity contribution in [1.82, 2.24) is 0 Å². The van der Waals surface area contributed by atoms with Gasteiger partial charge in [-0.1, -0.05) is 35.9 Å². The molecule has 3 aromatic carbocycles. The van der Waals surface area contributed by atoms with Gasteiger partial charge in [0.05, 0.1) is 11.9 Å². The first-order valence-corrected chi connectivity index (χ1v) is 11.7. The predicted octanol–water partition coefficient (Wildman–Crippen LogP) is 4.89. The number of anilines is 2. The molecule has 31 heavy (non-hydrogen) atoms. The minimum absolute atomic E-state index is 0.381. The Morgan fingerprint density at radius 2 is 1.55 bits per heavy atom. The Labute approximate surface area is 183 Å². The average molecular weight is 439 g/mol. The fourth-order valence-corrected chi connectivity index (χ4v) is 4.46. The molecule has 162 valence electrons. The van der Waals surface area contributed by atoms with Crippen molar-refractivity contribution in [3.63, 3.8) is 0 Å². The lowest BCUT2D eigenvalue weighted by atomic mass is 10.1. The zero-order valence-electron chi connectivity index (χ0n) is 18.0. The third kappa shape index (κ3) is 5.64. The number of para-hydroxylation sites is 1. The van der Waals surface area contributed by atoms with E-state index in [1.165, 1.54) is 0 Å². The summed E-state index contributed by atoms with van der Waals surface area (Å²) in [6.07, 6.45) is 1.09. The summed E-state index contributed by atoms with van der Waals surface area (Å²) in [4.78, 5) is 12.9. The molecule has 0 saturated carbocycles. The number of carbonyl (C=O) groups is 1. The van der Waals surface area contributed by atoms with Gasteiger partial charge in [0.25, 0.3) is 0 Å². The van der Waals surface area contributed by atoms with E-state index in [1.807, 2.05) is 62.4 Å². The van der Waals surface area contributed by atoms with Crippen LogP contribution in [0.1, 0.15) is 18.1 Å². The zero-order valence-corrected chi connectivity index (χ0v) is 18.8. The monoisotopic (exact) mass is 438 g/mol. The Balaban J connectivity index is 1.81. The molecule has 0 aliphatic carbocycles. The summed E-state index contributed by atoms with van der Waals surface area (Å²) in [6, 6.07) is 20.6. The molecule has 6 nitrogen and oxygen atoms in total. The minimum Gasteiger partial charge on any atom is -0.457 e. The lowest BCUT2D eigenvalue weighted by molar-refractivity contribution is -0.116. The smallest absolute Gasteiger partial charge is 0.248 e. The molecular weight excluding hydrogens is 412 g/mol. The van der Waals surface area contributed by atoms with Gasteiger partial charge < -0.3 is 10.1 Å². The molecule has 0 unspecified atom stereocenters. The van der Waals surface area contributed by atoms with Crippen LogP contribution in [0, 0.1) is 13.8 Å². The highest BCUT2D eigenvalue weighted by Gasteiger charge is 2.29. The molecule has 0 bridgehead atoms. The molecule has 0 saturated heterocycles. The van der Waals surface area contributed by atoms with Crippen molar-refractivity contribution in [3.05, 3.63) is 83.9 Å². The first-order valence-electron chi connectivity index (χ1n) is 9.85. The van der Waals surface area contributed by atoms with Crippen molar-refractivity contribution in [2.75, 3.05) is 15.9 Å². The van der Waals surface area contributed by atoms with Crippen LogP contribution in [0.15, 0.2) is 72.8 Å². The molecular formula is C24H26N2O4S. The van der Waals surface area contributed by atoms with Crippen LogP contribution in [0.4, 0.5) is 11.4 Å². The largest absolute Gasteiger partial charge is 0.457 e. The van der Waals surface area contributed by atoms with Crippen molar-refractivity contribution in [2.24, 2.45) is 0 Å². The molecule has 0 radical (unpaired) electrons. The van der Waals surface area contributed by atoms with Crippen molar-refractivity contribution >= 4 is 27.3 Å². The summed E-state index contributed by atoms with van der Waals surface area (Å²) < 4.78 is 31.9. The summed E-state index contributed by atoms with van der Waals surface area (Å²) in [6.45, 7) is 5.43. The summed E-state index contributed by atoms with van der Waals surface area (Å²) in [7, 11) is -3.71. The number of hydrogen-bond donors (Lipinski definition) is 1. The molecule has 1 atom stereocenters. The van der Waals surface area contributed by atoms with Crippen LogP contribution < -0.4 is 14.4 Å². The second-order valence-corrected chi connectivity index (χ2v) is 9.31. The van der Waals surface area contributed by atoms with Gasteiger partial charge in [0.1, 0.15) is 17.5 Å². The van der Waals surface area contributed by atoms with Gasteiger partial charge in [-0.05, 0) is 68.8 Å². The third-order valence-corrected chi connectivity index (χ3v) is 6.04. The second-order valence-electron chi connectivity index (χ2n) is 7.45. The molecule has 0 aliphatic heterocycles. The number of nitrogens with one attached hydrogen (secondary N) is 1. The molecule has 7 heteroatoms. The van der Waals surface area contributed by atoms with Crippen LogP contribution in [-0.2, 0) is 14.8 Å². The minimum atomic E-state index is -3.71. The van der Waals surface area contributed by atoms with Crippen LogP contribution in [0.5, 0.6) is 11.5 Å². The van der Waals surface area contributed by atoms with Gasteiger partial charge in [0.15, 0.2) is 0 Å². The normalized spacial score (nSPS) is 12.1. The van der Waals surface area contributed by atoms with Gasteiger partial charge in [0.2, 0.25) is 15.9 Å². The van der Waals surface area contributed by atoms with E-state index < -0.39 is 22.0 Å². The standard InChI is InChI=1S/C24H26N2O4S/c1-17-10-15-23(18(2)16-17)25-24(27)19(3)26(31(4,28)29)20-11-13-22(14-12-20)30-21-8-6-5-7-9-21/h5-16,19H,1-4H3,(H,25,27)/t19-/m0/s1. The van der Waals surface area contributed by atoms with Crippen LogP contribution in [-0.4, -0.2) is 26.6 Å². The third-order valence-electron chi connectivity index (χ3n) is 4.80. The SMILES string of the molecule is Cc1ccc(NC(=O)[C@H](C)N(c2ccc(Oc3ccccc3)cc2)S(C)(=O)=O)c(C)c1. The van der Waals surface area contributed by atoms with Gasteiger partial charge in [-0.3, -0.25) is 9.10 Å². The molecule has 0 aliphatic rings. The molecule has 0 heterocycles. The Morgan fingerprint density at radius 3 is 2.13 bits per heavy atom. The second kappa shape index (κ2) is 9.22. The highest BCUT2D eigenvalue weighted by atomic mass is 32.2. The molecule has 3 rings (SSSR count). The number of sulfonamides is 1. The molecule has 1 amide bonds. The number of hydrogen-bond acceptors (Lipinski definition) is 4. The summed E-state index contributed by atoms with van der Waals surface area (Å²) >= 11 is 0. The fraction of sp³-hybridized carbons (Fsp3) is 0.208. The van der Waals surface area contributed by atoms with Crippen LogP contribution in [0.3, 0.4) is 0 Å². The van der Waals surface area contributed by atoms with Gasteiger partial charge in [-0.2, -0.15) is 0 Å². The predicted molar refractivity (Wildman–Crippen MR) is 124 cm³/mol. The van der Waals surface area contributed by atoms with Gasteiger partial charge in [0, 0.05) is 5.69 Å². The van der Waals surface area contributed by atoms with E-state index in [-0.39, 0.29) is 0 Å². The molecule has 1 N–H and O–H groups in total. The maximum absolute atomic E-state index is 12.9. The lowest BCUT2D eigenvalue weighted by Gasteiger charge is -2.28. The van der Waals surface area contributed by atoms with Crippen LogP contribution in [0.25, 0.3) is 0 Å². The number of rotatable bonds is 7. The quantitative estimate of drug-likeness (QED) is 0.570. The topological polar surface area (TPSA) is 75.7 Å². The van der Waals surface area contributed by atoms with Crippen LogP contribution >= 0.6 is 0 Å². The Morgan fingerprint density at radius 1 is 0.935 bits per heavy atom. The molecule has 0 aromatic heterocycles. The Kier molecular flexibility index (Phi) is 6.65. The van der Waals surface area contributed by atoms with E-state index in [0.717, 1.165) is 21.7 Å². The summed E-state index contributed by atoms with van der Waals surface area (Å²) in [5, 5.41) is 2.83. The van der Waals surface area contributed by atoms with E-state index in [2.05, 4.69) is 5.32 Å². The van der Waals surface area contributed by atoms with Crippen molar-refractivity contribution in [3.8, 4) is 11.5 Å². The number of ether oxygens (including phenoxy) is 1. The highest BCUT2D eigenvalue weighted by molar-refractivity contribution is 7.92. The number of carbonyl (C=O) groups excluding carboxylic acids is 1. The maximum atomic E-state index is 12.9. The molecule has 0 fully saturated rings. The van der Waals surface area contributed by atoms with E-state index >= 15 is 0 Å². The van der Waals surface area contributed by atoms with Gasteiger partial charge in [-0.15, -0.1) is 0 Å². The van der Waals surface area contributed by atoms with Crippen molar-refractivity contribution < 1.29 is 17.9 Å². The van der Waals surface area contributed by atoms with E-state index in [4.69, 9.17) is 4.74 Å². The van der Waals surface area contributed by atoms with E-state index in [1.54, 1.807) is 31.2 Å². The first kappa shape index (κ1) is 22.4. The average Bonchev–Trinajstić information content (AvgIpc) is 2.71. The van der Waals surface area contributed by atoms with Crippen molar-refractivity contribution in [1.29, 1.82) is 0 Å². The molecule has 0 spiro atoms. The lowest BCUT2D eigenvalue weighted by Crippen LogP contribution is -2.45. The highest BCUT2D eigenvalue weighted by Crippen LogP contribution is 2.27. The van der Waals surface area contributed by atoms with Crippen LogP contribution in [0.2, 0.25) is 0 Å². The first-order chi connectivity index (χ1) is 14.6. The maximum Gasteiger partial charge on any atom is 0.248 e. The van der Waals surface area contributed by atoms with E-state index in [9.17, 15) is 13.2 Å². The zero-order chi connectivity index (χ0) is 22.6. The molecule has 3 aromatic rings.